The van der Waals surface area contributed by atoms with Crippen LogP contribution in [0.5, 0.6) is 0 Å². The van der Waals surface area contributed by atoms with Crippen LogP contribution < -0.4 is 11.1 Å². The molecule has 0 aromatic carbocycles. The smallest absolute Gasteiger partial charge is 0.242 e. The van der Waals surface area contributed by atoms with Gasteiger partial charge in [-0.15, -0.1) is 0 Å². The Morgan fingerprint density at radius 3 is 2.86 bits per heavy atom. The predicted molar refractivity (Wildman–Crippen MR) is 54.8 cm³/mol. The van der Waals surface area contributed by atoms with E-state index in [2.05, 4.69) is 10.4 Å². The highest BCUT2D eigenvalue weighted by molar-refractivity contribution is 5.93. The fraction of sp³-hybridized carbons (Fsp3) is 0.556. The van der Waals surface area contributed by atoms with E-state index in [1.54, 1.807) is 10.7 Å². The number of aromatic nitrogens is 2. The molecule has 0 radical (unpaired) electrons. The molecule has 1 rings (SSSR count). The molecule has 0 bridgehead atoms. The average molecular weight is 196 g/mol. The van der Waals surface area contributed by atoms with Crippen LogP contribution in [-0.4, -0.2) is 21.7 Å². The fourth-order valence-corrected chi connectivity index (χ4v) is 1.03. The molecule has 0 spiro atoms. The monoisotopic (exact) mass is 196 g/mol. The zero-order valence-electron chi connectivity index (χ0n) is 8.74. The van der Waals surface area contributed by atoms with Crippen molar-refractivity contribution >= 4 is 11.7 Å². The van der Waals surface area contributed by atoms with E-state index in [1.165, 1.54) is 0 Å². The number of aryl methyl sites for hydroxylation is 2. The van der Waals surface area contributed by atoms with Gasteiger partial charge in [0.25, 0.3) is 0 Å². The summed E-state index contributed by atoms with van der Waals surface area (Å²) >= 11 is 0. The molecular formula is C9H16N4O. The van der Waals surface area contributed by atoms with Crippen molar-refractivity contribution < 1.29 is 4.79 Å². The number of amides is 1. The molecular weight excluding hydrogens is 180 g/mol. The Bertz CT molecular complexity index is 312. The summed E-state index contributed by atoms with van der Waals surface area (Å²) in [7, 11) is 1.82. The normalized spacial score (nSPS) is 12.6. The highest BCUT2D eigenvalue weighted by Crippen LogP contribution is 2.07. The van der Waals surface area contributed by atoms with Gasteiger partial charge in [-0.2, -0.15) is 5.10 Å². The number of rotatable bonds is 3. The van der Waals surface area contributed by atoms with Crippen molar-refractivity contribution in [3.8, 4) is 0 Å². The fourth-order valence-electron chi connectivity index (χ4n) is 1.03. The molecule has 1 aromatic rings. The molecule has 0 saturated heterocycles. The molecule has 1 amide bonds. The highest BCUT2D eigenvalue weighted by atomic mass is 16.2. The first-order chi connectivity index (χ1) is 6.54. The van der Waals surface area contributed by atoms with E-state index in [-0.39, 0.29) is 5.91 Å². The second kappa shape index (κ2) is 4.23. The quantitative estimate of drug-likeness (QED) is 0.735. The number of hydrogen-bond donors (Lipinski definition) is 2. The summed E-state index contributed by atoms with van der Waals surface area (Å²) in [5.74, 6) is 0.365. The van der Waals surface area contributed by atoms with Crippen molar-refractivity contribution in [1.82, 2.24) is 9.78 Å². The first-order valence-electron chi connectivity index (χ1n) is 4.61. The molecule has 5 nitrogen and oxygen atoms in total. The Hall–Kier alpha value is -1.36. The van der Waals surface area contributed by atoms with Gasteiger partial charge in [0.15, 0.2) is 5.82 Å². The van der Waals surface area contributed by atoms with Crippen molar-refractivity contribution in [3.63, 3.8) is 0 Å². The lowest BCUT2D eigenvalue weighted by Crippen LogP contribution is -2.34. The van der Waals surface area contributed by atoms with Crippen LogP contribution >= 0.6 is 0 Å². The van der Waals surface area contributed by atoms with Crippen LogP contribution in [0.2, 0.25) is 0 Å². The van der Waals surface area contributed by atoms with E-state index >= 15 is 0 Å². The number of nitrogens with one attached hydrogen (secondary N) is 1. The highest BCUT2D eigenvalue weighted by Gasteiger charge is 2.12. The molecule has 0 unspecified atom stereocenters. The van der Waals surface area contributed by atoms with Crippen molar-refractivity contribution in [2.45, 2.75) is 26.3 Å². The third kappa shape index (κ3) is 2.32. The maximum atomic E-state index is 11.4. The second-order valence-corrected chi connectivity index (χ2v) is 3.30. The lowest BCUT2D eigenvalue weighted by molar-refractivity contribution is -0.117. The van der Waals surface area contributed by atoms with Crippen molar-refractivity contribution in [2.24, 2.45) is 12.8 Å². The van der Waals surface area contributed by atoms with Crippen LogP contribution in [-0.2, 0) is 11.8 Å². The van der Waals surface area contributed by atoms with Crippen LogP contribution in [0.3, 0.4) is 0 Å². The number of anilines is 1. The summed E-state index contributed by atoms with van der Waals surface area (Å²) in [5, 5.41) is 6.75. The Kier molecular flexibility index (Phi) is 3.24. The molecule has 5 heteroatoms. The largest absolute Gasteiger partial charge is 0.320 e. The van der Waals surface area contributed by atoms with Crippen LogP contribution in [0.15, 0.2) is 6.07 Å². The Balaban J connectivity index is 2.65. The van der Waals surface area contributed by atoms with E-state index in [0.29, 0.717) is 12.2 Å². The molecule has 14 heavy (non-hydrogen) atoms. The van der Waals surface area contributed by atoms with E-state index in [9.17, 15) is 4.79 Å². The maximum absolute atomic E-state index is 11.4. The van der Waals surface area contributed by atoms with E-state index in [4.69, 9.17) is 5.73 Å². The topological polar surface area (TPSA) is 72.9 Å². The first kappa shape index (κ1) is 10.7. The molecule has 0 aliphatic carbocycles. The SMILES string of the molecule is CC[C@@H](N)C(=O)Nc1cc(C)n(C)n1. The maximum Gasteiger partial charge on any atom is 0.242 e. The van der Waals surface area contributed by atoms with Gasteiger partial charge in [0.1, 0.15) is 0 Å². The average Bonchev–Trinajstić information content (AvgIpc) is 2.44. The Morgan fingerprint density at radius 2 is 2.43 bits per heavy atom. The van der Waals surface area contributed by atoms with Crippen molar-refractivity contribution in [1.29, 1.82) is 0 Å². The lowest BCUT2D eigenvalue weighted by atomic mass is 10.2. The van der Waals surface area contributed by atoms with Crippen LogP contribution in [0.4, 0.5) is 5.82 Å². The zero-order chi connectivity index (χ0) is 10.7. The summed E-state index contributed by atoms with van der Waals surface area (Å²) in [6, 6.07) is 1.35. The number of nitrogens with zero attached hydrogens (tertiary/aromatic N) is 2. The molecule has 3 N–H and O–H groups in total. The van der Waals surface area contributed by atoms with E-state index in [0.717, 1.165) is 5.69 Å². The minimum Gasteiger partial charge on any atom is -0.320 e. The minimum absolute atomic E-state index is 0.189. The third-order valence-corrected chi connectivity index (χ3v) is 2.14. The lowest BCUT2D eigenvalue weighted by Gasteiger charge is -2.06. The van der Waals surface area contributed by atoms with Gasteiger partial charge in [0.2, 0.25) is 5.91 Å². The molecule has 78 valence electrons. The molecule has 0 aliphatic heterocycles. The first-order valence-corrected chi connectivity index (χ1v) is 4.61. The second-order valence-electron chi connectivity index (χ2n) is 3.30. The summed E-state index contributed by atoms with van der Waals surface area (Å²) < 4.78 is 1.70. The summed E-state index contributed by atoms with van der Waals surface area (Å²) in [4.78, 5) is 11.4. The Morgan fingerprint density at radius 1 is 1.79 bits per heavy atom. The van der Waals surface area contributed by atoms with Gasteiger partial charge >= 0.3 is 0 Å². The summed E-state index contributed by atoms with van der Waals surface area (Å²) in [6.45, 7) is 3.79. The van der Waals surface area contributed by atoms with Crippen LogP contribution in [0.25, 0.3) is 0 Å². The minimum atomic E-state index is -0.461. The number of hydrogen-bond acceptors (Lipinski definition) is 3. The molecule has 1 atom stereocenters. The molecule has 1 heterocycles. The number of carbonyl (C=O) groups is 1. The van der Waals surface area contributed by atoms with Crippen molar-refractivity contribution in [3.05, 3.63) is 11.8 Å². The van der Waals surface area contributed by atoms with Gasteiger partial charge in [0, 0.05) is 18.8 Å². The summed E-state index contributed by atoms with van der Waals surface area (Å²) in [5.41, 5.74) is 6.55. The standard InChI is InChI=1S/C9H16N4O/c1-4-7(10)9(14)11-8-5-6(2)13(3)12-8/h5,7H,4,10H2,1-3H3,(H,11,12,14)/t7-/m1/s1. The van der Waals surface area contributed by atoms with Gasteiger partial charge in [0.05, 0.1) is 6.04 Å². The van der Waals surface area contributed by atoms with Gasteiger partial charge < -0.3 is 11.1 Å². The number of carbonyl (C=O) groups excluding carboxylic acids is 1. The number of nitrogens with two attached hydrogens (primary N) is 1. The Labute approximate surface area is 83.3 Å². The van der Waals surface area contributed by atoms with Crippen LogP contribution in [0.1, 0.15) is 19.0 Å². The molecule has 0 saturated carbocycles. The zero-order valence-corrected chi connectivity index (χ0v) is 8.74. The van der Waals surface area contributed by atoms with Gasteiger partial charge in [-0.25, -0.2) is 0 Å². The van der Waals surface area contributed by atoms with Gasteiger partial charge in [-0.1, -0.05) is 6.92 Å². The van der Waals surface area contributed by atoms with E-state index in [1.807, 2.05) is 20.9 Å². The van der Waals surface area contributed by atoms with Gasteiger partial charge in [-0.3, -0.25) is 9.48 Å². The van der Waals surface area contributed by atoms with Gasteiger partial charge in [-0.05, 0) is 13.3 Å². The third-order valence-electron chi connectivity index (χ3n) is 2.14. The predicted octanol–water partition coefficient (Wildman–Crippen LogP) is 0.404. The van der Waals surface area contributed by atoms with Crippen LogP contribution in [0, 0.1) is 6.92 Å². The van der Waals surface area contributed by atoms with E-state index < -0.39 is 6.04 Å². The molecule has 1 aromatic heterocycles. The molecule has 0 fully saturated rings. The van der Waals surface area contributed by atoms with Crippen molar-refractivity contribution in [2.75, 3.05) is 5.32 Å². The summed E-state index contributed by atoms with van der Waals surface area (Å²) in [6.07, 6.45) is 0.623. The molecule has 0 aliphatic rings.